The van der Waals surface area contributed by atoms with Crippen LogP contribution in [0.2, 0.25) is 0 Å². The van der Waals surface area contributed by atoms with Crippen molar-refractivity contribution in [2.24, 2.45) is 0 Å². The summed E-state index contributed by atoms with van der Waals surface area (Å²) in [6.07, 6.45) is 0. The number of likely N-dealkylation sites (N-methyl/N-ethyl adjacent to an activating group) is 1. The number of rotatable bonds is 5. The molecule has 1 N–H and O–H groups in total. The van der Waals surface area contributed by atoms with Gasteiger partial charge in [0.2, 0.25) is 0 Å². The molecule has 2 aromatic rings. The van der Waals surface area contributed by atoms with E-state index in [0.717, 1.165) is 29.7 Å². The highest BCUT2D eigenvalue weighted by atomic mass is 79.9. The third kappa shape index (κ3) is 4.25. The maximum Gasteiger partial charge on any atom is 0.258 e. The van der Waals surface area contributed by atoms with Gasteiger partial charge in [0, 0.05) is 25.2 Å². The van der Waals surface area contributed by atoms with E-state index in [0.29, 0.717) is 29.8 Å². The zero-order chi connectivity index (χ0) is 17.1. The molecule has 1 aromatic carbocycles. The number of methoxy groups -OCH3 is 1. The minimum atomic E-state index is 0. The second-order valence-electron chi connectivity index (χ2n) is 5.58. The fourth-order valence-electron chi connectivity index (χ4n) is 2.71. The molecule has 0 bridgehead atoms. The van der Waals surface area contributed by atoms with E-state index in [4.69, 9.17) is 14.0 Å². The number of hydrogen-bond acceptors (Lipinski definition) is 7. The Hall–Kier alpha value is -1.35. The van der Waals surface area contributed by atoms with Crippen molar-refractivity contribution in [3.8, 4) is 23.0 Å². The monoisotopic (exact) mass is 432 g/mol. The van der Waals surface area contributed by atoms with Gasteiger partial charge in [-0.3, -0.25) is 4.90 Å². The zero-order valence-corrected chi connectivity index (χ0v) is 16.8. The number of aromatic nitrogens is 2. The van der Waals surface area contributed by atoms with Gasteiger partial charge in [0.1, 0.15) is 0 Å². The molecule has 7 nitrogen and oxygen atoms in total. The second-order valence-corrected chi connectivity index (χ2v) is 6.44. The molecule has 2 heterocycles. The summed E-state index contributed by atoms with van der Waals surface area (Å²) in [6.45, 7) is 5.22. The first-order chi connectivity index (χ1) is 11.6. The summed E-state index contributed by atoms with van der Waals surface area (Å²) in [7, 11) is 3.67. The van der Waals surface area contributed by atoms with Crippen molar-refractivity contribution in [1.29, 1.82) is 0 Å². The average Bonchev–Trinajstić information content (AvgIpc) is 3.07. The van der Waals surface area contributed by atoms with Crippen LogP contribution < -0.4 is 14.8 Å². The van der Waals surface area contributed by atoms with Crippen molar-refractivity contribution in [3.63, 3.8) is 0 Å². The number of benzene rings is 1. The Morgan fingerprint density at radius 2 is 2.24 bits per heavy atom. The molecule has 1 unspecified atom stereocenters. The van der Waals surface area contributed by atoms with E-state index < -0.39 is 0 Å². The lowest BCUT2D eigenvalue weighted by atomic mass is 10.2. The van der Waals surface area contributed by atoms with Crippen molar-refractivity contribution >= 4 is 28.3 Å². The molecule has 138 valence electrons. The molecule has 1 atom stereocenters. The van der Waals surface area contributed by atoms with Gasteiger partial charge in [-0.15, -0.1) is 12.4 Å². The summed E-state index contributed by atoms with van der Waals surface area (Å²) < 4.78 is 17.3. The molecule has 0 saturated carbocycles. The van der Waals surface area contributed by atoms with Gasteiger partial charge in [0.25, 0.3) is 5.89 Å². The molecule has 1 aromatic heterocycles. The molecule has 1 aliphatic rings. The quantitative estimate of drug-likeness (QED) is 0.777. The first kappa shape index (κ1) is 20.0. The number of nitrogens with one attached hydrogen (secondary N) is 1. The van der Waals surface area contributed by atoms with Gasteiger partial charge in [-0.05, 0) is 42.0 Å². The third-order valence-corrected chi connectivity index (χ3v) is 4.60. The molecular formula is C16H22BrClN4O3. The van der Waals surface area contributed by atoms with Gasteiger partial charge in [0.05, 0.1) is 24.2 Å². The molecule has 0 amide bonds. The number of ether oxygens (including phenoxy) is 2. The highest BCUT2D eigenvalue weighted by Crippen LogP contribution is 2.39. The van der Waals surface area contributed by atoms with Gasteiger partial charge in [0.15, 0.2) is 17.3 Å². The fourth-order valence-corrected chi connectivity index (χ4v) is 3.27. The van der Waals surface area contributed by atoms with Crippen LogP contribution in [-0.2, 0) is 0 Å². The molecule has 0 spiro atoms. The van der Waals surface area contributed by atoms with Crippen LogP contribution >= 0.6 is 28.3 Å². The van der Waals surface area contributed by atoms with Crippen LogP contribution in [0.1, 0.15) is 18.8 Å². The second kappa shape index (κ2) is 8.84. The standard InChI is InChI=1S/C16H21BrN4O3.ClH/c1-4-23-14-11(17)7-10(8-13(14)22-3)16-19-15(20-24-16)12-9-18-5-6-21(12)2;/h7-8,12,18H,4-6,9H2,1-3H3;1H. The summed E-state index contributed by atoms with van der Waals surface area (Å²) in [5.41, 5.74) is 0.785. The lowest BCUT2D eigenvalue weighted by molar-refractivity contribution is 0.190. The molecule has 0 aliphatic carbocycles. The lowest BCUT2D eigenvalue weighted by Gasteiger charge is -2.30. The van der Waals surface area contributed by atoms with Crippen LogP contribution in [-0.4, -0.2) is 55.4 Å². The van der Waals surface area contributed by atoms with Crippen LogP contribution in [0.25, 0.3) is 11.5 Å². The Morgan fingerprint density at radius 1 is 1.44 bits per heavy atom. The molecule has 0 radical (unpaired) electrons. The SMILES string of the molecule is CCOc1c(Br)cc(-c2nc(C3CNCCN3C)no2)cc1OC.Cl. The lowest BCUT2D eigenvalue weighted by Crippen LogP contribution is -2.44. The Balaban J connectivity index is 0.00000225. The largest absolute Gasteiger partial charge is 0.493 e. The first-order valence-electron chi connectivity index (χ1n) is 7.89. The minimum absolute atomic E-state index is 0. The molecule has 1 fully saturated rings. The normalized spacial score (nSPS) is 17.8. The Morgan fingerprint density at radius 3 is 2.92 bits per heavy atom. The van der Waals surface area contributed by atoms with Gasteiger partial charge < -0.3 is 19.3 Å². The first-order valence-corrected chi connectivity index (χ1v) is 8.68. The Kier molecular flexibility index (Phi) is 7.06. The molecule has 1 saturated heterocycles. The predicted molar refractivity (Wildman–Crippen MR) is 101 cm³/mol. The number of piperazine rings is 1. The fraction of sp³-hybridized carbons (Fsp3) is 0.500. The average molecular weight is 434 g/mol. The van der Waals surface area contributed by atoms with Gasteiger partial charge in [-0.2, -0.15) is 4.98 Å². The van der Waals surface area contributed by atoms with Crippen LogP contribution in [0, 0.1) is 0 Å². The van der Waals surface area contributed by atoms with Gasteiger partial charge in [-0.1, -0.05) is 5.16 Å². The molecular weight excluding hydrogens is 412 g/mol. The van der Waals surface area contributed by atoms with E-state index in [1.807, 2.05) is 19.1 Å². The Bertz CT molecular complexity index is 713. The summed E-state index contributed by atoms with van der Waals surface area (Å²) in [4.78, 5) is 6.79. The van der Waals surface area contributed by atoms with Crippen molar-refractivity contribution in [3.05, 3.63) is 22.4 Å². The third-order valence-electron chi connectivity index (χ3n) is 4.02. The van der Waals surface area contributed by atoms with Crippen molar-refractivity contribution in [1.82, 2.24) is 20.4 Å². The van der Waals surface area contributed by atoms with E-state index >= 15 is 0 Å². The van der Waals surface area contributed by atoms with Gasteiger partial charge >= 0.3 is 0 Å². The van der Waals surface area contributed by atoms with Crippen molar-refractivity contribution < 1.29 is 14.0 Å². The van der Waals surface area contributed by atoms with Crippen molar-refractivity contribution in [2.75, 3.05) is 40.4 Å². The van der Waals surface area contributed by atoms with Crippen LogP contribution in [0.15, 0.2) is 21.1 Å². The molecule has 3 rings (SSSR count). The zero-order valence-electron chi connectivity index (χ0n) is 14.4. The molecule has 1 aliphatic heterocycles. The smallest absolute Gasteiger partial charge is 0.258 e. The number of hydrogen-bond donors (Lipinski definition) is 1. The van der Waals surface area contributed by atoms with Crippen LogP contribution in [0.4, 0.5) is 0 Å². The summed E-state index contributed by atoms with van der Waals surface area (Å²) in [5.74, 6) is 2.44. The van der Waals surface area contributed by atoms with E-state index in [1.54, 1.807) is 7.11 Å². The van der Waals surface area contributed by atoms with Crippen molar-refractivity contribution in [2.45, 2.75) is 13.0 Å². The van der Waals surface area contributed by atoms with Crippen LogP contribution in [0.3, 0.4) is 0 Å². The van der Waals surface area contributed by atoms with Gasteiger partial charge in [-0.25, -0.2) is 0 Å². The van der Waals surface area contributed by atoms with E-state index in [-0.39, 0.29) is 18.4 Å². The predicted octanol–water partition coefficient (Wildman–Crippen LogP) is 2.90. The maximum atomic E-state index is 5.61. The minimum Gasteiger partial charge on any atom is -0.493 e. The van der Waals surface area contributed by atoms with E-state index in [9.17, 15) is 0 Å². The Labute approximate surface area is 161 Å². The highest BCUT2D eigenvalue weighted by molar-refractivity contribution is 9.10. The van der Waals surface area contributed by atoms with E-state index in [2.05, 4.69) is 43.3 Å². The maximum absolute atomic E-state index is 5.61. The molecule has 9 heteroatoms. The van der Waals surface area contributed by atoms with E-state index in [1.165, 1.54) is 0 Å². The summed E-state index contributed by atoms with van der Waals surface area (Å²) >= 11 is 3.52. The van der Waals surface area contributed by atoms with Crippen LogP contribution in [0.5, 0.6) is 11.5 Å². The number of nitrogens with zero attached hydrogens (tertiary/aromatic N) is 3. The topological polar surface area (TPSA) is 72.7 Å². The summed E-state index contributed by atoms with van der Waals surface area (Å²) in [5, 5.41) is 7.51. The number of halogens is 2. The summed E-state index contributed by atoms with van der Waals surface area (Å²) in [6, 6.07) is 3.85. The highest BCUT2D eigenvalue weighted by Gasteiger charge is 2.26. The molecule has 25 heavy (non-hydrogen) atoms.